The predicted molar refractivity (Wildman–Crippen MR) is 52.0 cm³/mol. The third-order valence-electron chi connectivity index (χ3n) is 2.33. The highest BCUT2D eigenvalue weighted by atomic mass is 16.1. The van der Waals surface area contributed by atoms with Gasteiger partial charge in [-0.15, -0.1) is 0 Å². The summed E-state index contributed by atoms with van der Waals surface area (Å²) in [5.74, 6) is 0. The number of hydrogen-bond acceptors (Lipinski definition) is 2. The van der Waals surface area contributed by atoms with E-state index in [9.17, 15) is 4.79 Å². The molecule has 0 aromatic heterocycles. The molecule has 66 valence electrons. The van der Waals surface area contributed by atoms with E-state index in [1.54, 1.807) is 0 Å². The lowest BCUT2D eigenvalue weighted by Gasteiger charge is -2.24. The van der Waals surface area contributed by atoms with Crippen molar-refractivity contribution in [3.8, 4) is 0 Å². The molecule has 0 N–H and O–H groups in total. The minimum atomic E-state index is 0.749. The number of nitrogens with zero attached hydrogens (tertiary/aromatic N) is 1. The van der Waals surface area contributed by atoms with E-state index >= 15 is 0 Å². The molecule has 1 aliphatic rings. The van der Waals surface area contributed by atoms with Crippen LogP contribution in [0.25, 0.3) is 6.08 Å². The Kier molecular flexibility index (Phi) is 1.89. The van der Waals surface area contributed by atoms with Gasteiger partial charge in [0.1, 0.15) is 0 Å². The normalized spacial score (nSPS) is 14.8. The van der Waals surface area contributed by atoms with Crippen LogP contribution in [-0.2, 0) is 11.3 Å². The average molecular weight is 173 g/mol. The Labute approximate surface area is 77.5 Å². The predicted octanol–water partition coefficient (Wildman–Crippen LogP) is 1.67. The molecule has 0 spiro atoms. The first-order valence-electron chi connectivity index (χ1n) is 4.27. The number of benzene rings is 1. The molecule has 0 saturated heterocycles. The third-order valence-corrected chi connectivity index (χ3v) is 2.33. The zero-order valence-corrected chi connectivity index (χ0v) is 7.53. The fourth-order valence-corrected chi connectivity index (χ4v) is 1.56. The first-order valence-corrected chi connectivity index (χ1v) is 4.27. The summed E-state index contributed by atoms with van der Waals surface area (Å²) in [7, 11) is 1.93. The molecule has 1 aromatic carbocycles. The second kappa shape index (κ2) is 3.05. The third kappa shape index (κ3) is 1.35. The smallest absolute Gasteiger partial charge is 0.166 e. The van der Waals surface area contributed by atoms with E-state index in [0.29, 0.717) is 0 Å². The van der Waals surface area contributed by atoms with Crippen LogP contribution in [0.3, 0.4) is 0 Å². The first-order chi connectivity index (χ1) is 6.31. The minimum Gasteiger partial charge on any atom is -0.368 e. The minimum absolute atomic E-state index is 0.749. The van der Waals surface area contributed by atoms with Crippen LogP contribution in [0.15, 0.2) is 30.0 Å². The van der Waals surface area contributed by atoms with E-state index in [1.165, 1.54) is 5.56 Å². The Bertz CT molecular complexity index is 368. The van der Waals surface area contributed by atoms with Crippen LogP contribution >= 0.6 is 0 Å². The number of allylic oxidation sites excluding steroid dienone is 1. The van der Waals surface area contributed by atoms with Crippen LogP contribution in [0, 0.1) is 0 Å². The van der Waals surface area contributed by atoms with Gasteiger partial charge in [0.15, 0.2) is 6.29 Å². The Hall–Kier alpha value is -1.57. The van der Waals surface area contributed by atoms with E-state index in [-0.39, 0.29) is 0 Å². The van der Waals surface area contributed by atoms with Gasteiger partial charge >= 0.3 is 0 Å². The Morgan fingerprint density at radius 2 is 2.15 bits per heavy atom. The Balaban J connectivity index is 2.49. The summed E-state index contributed by atoms with van der Waals surface area (Å²) in [6.45, 7) is 0.820. The maximum atomic E-state index is 10.7. The number of aldehydes is 1. The van der Waals surface area contributed by atoms with E-state index in [1.807, 2.05) is 36.2 Å². The first kappa shape index (κ1) is 8.05. The molecule has 1 heterocycles. The summed E-state index contributed by atoms with van der Waals surface area (Å²) < 4.78 is 0. The SMILES string of the molecule is CN1Cc2ccccc2C=C1C=O. The zero-order chi connectivity index (χ0) is 9.26. The van der Waals surface area contributed by atoms with E-state index in [2.05, 4.69) is 6.07 Å². The van der Waals surface area contributed by atoms with Gasteiger partial charge in [-0.25, -0.2) is 0 Å². The van der Waals surface area contributed by atoms with Gasteiger partial charge in [-0.3, -0.25) is 4.79 Å². The van der Waals surface area contributed by atoms with Crippen molar-refractivity contribution in [1.29, 1.82) is 0 Å². The molecule has 0 saturated carbocycles. The highest BCUT2D eigenvalue weighted by Crippen LogP contribution is 2.21. The van der Waals surface area contributed by atoms with Crippen LogP contribution in [0.5, 0.6) is 0 Å². The summed E-state index contributed by atoms with van der Waals surface area (Å²) in [5, 5.41) is 0. The zero-order valence-electron chi connectivity index (χ0n) is 7.53. The van der Waals surface area contributed by atoms with Crippen molar-refractivity contribution >= 4 is 12.4 Å². The van der Waals surface area contributed by atoms with Crippen molar-refractivity contribution in [3.63, 3.8) is 0 Å². The molecule has 0 aliphatic carbocycles. The van der Waals surface area contributed by atoms with Crippen LogP contribution in [-0.4, -0.2) is 18.2 Å². The maximum Gasteiger partial charge on any atom is 0.166 e. The molecule has 2 rings (SSSR count). The molecular weight excluding hydrogens is 162 g/mol. The van der Waals surface area contributed by atoms with Gasteiger partial charge in [0, 0.05) is 13.6 Å². The second-order valence-corrected chi connectivity index (χ2v) is 3.24. The molecular formula is C11H11NO. The maximum absolute atomic E-state index is 10.7. The number of hydrogen-bond donors (Lipinski definition) is 0. The molecule has 0 fully saturated rings. The van der Waals surface area contributed by atoms with E-state index in [4.69, 9.17) is 0 Å². The van der Waals surface area contributed by atoms with E-state index in [0.717, 1.165) is 24.1 Å². The molecule has 0 amide bonds. The number of likely N-dealkylation sites (N-methyl/N-ethyl adjacent to an activating group) is 1. The molecule has 1 aromatic rings. The molecule has 0 atom stereocenters. The van der Waals surface area contributed by atoms with Crippen molar-refractivity contribution in [2.45, 2.75) is 6.54 Å². The standard InChI is InChI=1S/C11H11NO/c1-12-7-10-5-3-2-4-9(10)6-11(12)8-13/h2-6,8H,7H2,1H3. The van der Waals surface area contributed by atoms with Gasteiger partial charge in [0.25, 0.3) is 0 Å². The number of rotatable bonds is 1. The highest BCUT2D eigenvalue weighted by molar-refractivity contribution is 5.82. The molecule has 2 heteroatoms. The van der Waals surface area contributed by atoms with Gasteiger partial charge < -0.3 is 4.90 Å². The monoisotopic (exact) mass is 173 g/mol. The quantitative estimate of drug-likeness (QED) is 0.602. The Morgan fingerprint density at radius 1 is 1.38 bits per heavy atom. The van der Waals surface area contributed by atoms with Crippen molar-refractivity contribution < 1.29 is 4.79 Å². The molecule has 2 nitrogen and oxygen atoms in total. The Morgan fingerprint density at radius 3 is 2.92 bits per heavy atom. The van der Waals surface area contributed by atoms with Crippen LogP contribution in [0.4, 0.5) is 0 Å². The fourth-order valence-electron chi connectivity index (χ4n) is 1.56. The molecule has 0 radical (unpaired) electrons. The number of fused-ring (bicyclic) bond motifs is 1. The van der Waals surface area contributed by atoms with Gasteiger partial charge in [0.05, 0.1) is 5.70 Å². The van der Waals surface area contributed by atoms with Crippen LogP contribution < -0.4 is 0 Å². The van der Waals surface area contributed by atoms with Crippen molar-refractivity contribution in [1.82, 2.24) is 4.90 Å². The summed E-state index contributed by atoms with van der Waals surface area (Å²) in [4.78, 5) is 12.6. The molecule has 0 unspecified atom stereocenters. The largest absolute Gasteiger partial charge is 0.368 e. The summed E-state index contributed by atoms with van der Waals surface area (Å²) in [6, 6.07) is 8.13. The van der Waals surface area contributed by atoms with Crippen molar-refractivity contribution in [3.05, 3.63) is 41.1 Å². The number of carbonyl (C=O) groups excluding carboxylic acids is 1. The lowest BCUT2D eigenvalue weighted by atomic mass is 10.0. The fraction of sp³-hybridized carbons (Fsp3) is 0.182. The lowest BCUT2D eigenvalue weighted by Crippen LogP contribution is -2.21. The van der Waals surface area contributed by atoms with Crippen LogP contribution in [0.1, 0.15) is 11.1 Å². The summed E-state index contributed by atoms with van der Waals surface area (Å²) >= 11 is 0. The molecule has 13 heavy (non-hydrogen) atoms. The van der Waals surface area contributed by atoms with Gasteiger partial charge in [-0.1, -0.05) is 24.3 Å². The lowest BCUT2D eigenvalue weighted by molar-refractivity contribution is -0.106. The van der Waals surface area contributed by atoms with Crippen molar-refractivity contribution in [2.75, 3.05) is 7.05 Å². The summed E-state index contributed by atoms with van der Waals surface area (Å²) in [5.41, 5.74) is 3.18. The highest BCUT2D eigenvalue weighted by Gasteiger charge is 2.12. The summed E-state index contributed by atoms with van der Waals surface area (Å²) in [6.07, 6.45) is 2.82. The van der Waals surface area contributed by atoms with Crippen molar-refractivity contribution in [2.24, 2.45) is 0 Å². The number of carbonyl (C=O) groups is 1. The topological polar surface area (TPSA) is 20.3 Å². The van der Waals surface area contributed by atoms with Gasteiger partial charge in [0.2, 0.25) is 0 Å². The van der Waals surface area contributed by atoms with Gasteiger partial charge in [-0.05, 0) is 17.2 Å². The molecule has 0 bridgehead atoms. The van der Waals surface area contributed by atoms with Gasteiger partial charge in [-0.2, -0.15) is 0 Å². The second-order valence-electron chi connectivity index (χ2n) is 3.24. The van der Waals surface area contributed by atoms with E-state index < -0.39 is 0 Å². The molecule has 1 aliphatic heterocycles. The average Bonchev–Trinajstić information content (AvgIpc) is 2.17. The van der Waals surface area contributed by atoms with Crippen LogP contribution in [0.2, 0.25) is 0 Å².